The second kappa shape index (κ2) is 24.0. The minimum absolute atomic E-state index is 0.0810. The molecule has 0 aliphatic rings. The van der Waals surface area contributed by atoms with Gasteiger partial charge in [0.1, 0.15) is 17.6 Å². The summed E-state index contributed by atoms with van der Waals surface area (Å²) in [6.45, 7) is 4.75. The number of amides is 2. The van der Waals surface area contributed by atoms with Crippen LogP contribution in [0.25, 0.3) is 0 Å². The lowest BCUT2D eigenvalue weighted by molar-refractivity contribution is -0.168. The molecule has 0 aliphatic carbocycles. The molecule has 10 nitrogen and oxygen atoms in total. The summed E-state index contributed by atoms with van der Waals surface area (Å²) < 4.78 is 10.7. The number of ether oxygens (including phenoxy) is 2. The maximum atomic E-state index is 13.5. The number of carboxylic acids is 1. The van der Waals surface area contributed by atoms with E-state index in [1.165, 1.54) is 32.4 Å². The number of aliphatic carboxylic acids is 1. The van der Waals surface area contributed by atoms with Gasteiger partial charge in [-0.15, -0.1) is 0 Å². The van der Waals surface area contributed by atoms with E-state index in [1.54, 1.807) is 30.3 Å². The van der Waals surface area contributed by atoms with Gasteiger partial charge in [0.25, 0.3) is 0 Å². The first kappa shape index (κ1) is 40.8. The van der Waals surface area contributed by atoms with Gasteiger partial charge in [-0.3, -0.25) is 14.4 Å². The van der Waals surface area contributed by atoms with Gasteiger partial charge >= 0.3 is 5.97 Å². The third-order valence-corrected chi connectivity index (χ3v) is 8.11. The maximum absolute atomic E-state index is 13.5. The molecule has 1 aromatic rings. The van der Waals surface area contributed by atoms with E-state index in [4.69, 9.17) is 15.2 Å². The molecule has 5 N–H and O–H groups in total. The molecule has 0 spiro atoms. The van der Waals surface area contributed by atoms with Gasteiger partial charge in [-0.25, -0.2) is 4.79 Å². The topological polar surface area (TPSA) is 165 Å². The number of methoxy groups -OCH3 is 1. The second-order valence-corrected chi connectivity index (χ2v) is 12.0. The van der Waals surface area contributed by atoms with Crippen LogP contribution in [0.2, 0.25) is 0 Å². The highest BCUT2D eigenvalue weighted by Gasteiger charge is 2.47. The standard InChI is InChI=1S/C36H58N2O8/c1-4-6-8-11-14-17-29(39)18-15-12-9-10-13-16-19-31(36(44,35(42)43)24-26-45-3)34(41)38-32(33(37)40)27-28-20-22-30(23-21-28)46-25-7-5-2/h16,19-23,31-32,44H,4-15,17-18,24-27H2,1-3H3,(H2,37,40)(H,38,41)(H,42,43)/t31-,32+,36+/m1/s1. The molecule has 0 saturated carbocycles. The van der Waals surface area contributed by atoms with Crippen molar-refractivity contribution in [2.45, 2.75) is 128 Å². The average molecular weight is 647 g/mol. The van der Waals surface area contributed by atoms with Gasteiger partial charge in [0.15, 0.2) is 5.60 Å². The summed E-state index contributed by atoms with van der Waals surface area (Å²) in [5.41, 5.74) is 3.87. The number of allylic oxidation sites excluding steroid dienone is 1. The lowest BCUT2D eigenvalue weighted by Crippen LogP contribution is -2.55. The quantitative estimate of drug-likeness (QED) is 0.0668. The average Bonchev–Trinajstić information content (AvgIpc) is 3.03. The van der Waals surface area contributed by atoms with E-state index in [0.29, 0.717) is 37.4 Å². The van der Waals surface area contributed by atoms with Crippen LogP contribution in [-0.4, -0.2) is 65.7 Å². The van der Waals surface area contributed by atoms with Crippen molar-refractivity contribution in [3.63, 3.8) is 0 Å². The van der Waals surface area contributed by atoms with E-state index in [0.717, 1.165) is 56.9 Å². The summed E-state index contributed by atoms with van der Waals surface area (Å²) in [6.07, 6.45) is 15.6. The number of carbonyl (C=O) groups is 4. The van der Waals surface area contributed by atoms with Crippen LogP contribution in [0.4, 0.5) is 0 Å². The molecule has 1 rings (SSSR count). The first-order valence-corrected chi connectivity index (χ1v) is 17.0. The van der Waals surface area contributed by atoms with Gasteiger partial charge in [-0.05, 0) is 49.8 Å². The van der Waals surface area contributed by atoms with Crippen molar-refractivity contribution in [1.82, 2.24) is 5.32 Å². The zero-order valence-corrected chi connectivity index (χ0v) is 28.3. The van der Waals surface area contributed by atoms with Gasteiger partial charge in [-0.2, -0.15) is 0 Å². The molecule has 0 unspecified atom stereocenters. The minimum atomic E-state index is -2.47. The maximum Gasteiger partial charge on any atom is 0.336 e. The lowest BCUT2D eigenvalue weighted by atomic mass is 9.83. The van der Waals surface area contributed by atoms with E-state index in [1.807, 2.05) is 0 Å². The second-order valence-electron chi connectivity index (χ2n) is 12.0. The number of hydrogen-bond acceptors (Lipinski definition) is 7. The number of nitrogens with one attached hydrogen (secondary N) is 1. The summed E-state index contributed by atoms with van der Waals surface area (Å²) >= 11 is 0. The Kier molecular flexibility index (Phi) is 21.3. The Morgan fingerprint density at radius 3 is 2.07 bits per heavy atom. The Bertz CT molecular complexity index is 1060. The number of rotatable bonds is 28. The van der Waals surface area contributed by atoms with Crippen molar-refractivity contribution < 1.29 is 38.9 Å². The molecule has 0 fully saturated rings. The largest absolute Gasteiger partial charge is 0.494 e. The van der Waals surface area contributed by atoms with Gasteiger partial charge in [-0.1, -0.05) is 83.1 Å². The number of Topliss-reactive ketones (excluding diaryl/α,β-unsaturated/α-hetero) is 1. The van der Waals surface area contributed by atoms with Crippen molar-refractivity contribution in [1.29, 1.82) is 0 Å². The summed E-state index contributed by atoms with van der Waals surface area (Å²) in [4.78, 5) is 50.1. The van der Waals surface area contributed by atoms with Crippen molar-refractivity contribution in [3.8, 4) is 5.75 Å². The van der Waals surface area contributed by atoms with Crippen LogP contribution in [0.1, 0.15) is 116 Å². The van der Waals surface area contributed by atoms with Crippen LogP contribution in [-0.2, 0) is 30.3 Å². The van der Waals surface area contributed by atoms with Gasteiger partial charge in [0, 0.05) is 39.4 Å². The summed E-state index contributed by atoms with van der Waals surface area (Å²) in [5, 5.41) is 23.7. The number of benzene rings is 1. The van der Waals surface area contributed by atoms with Crippen LogP contribution in [0.15, 0.2) is 36.4 Å². The number of unbranched alkanes of at least 4 members (excludes halogenated alkanes) is 9. The smallest absolute Gasteiger partial charge is 0.336 e. The zero-order valence-electron chi connectivity index (χ0n) is 28.3. The minimum Gasteiger partial charge on any atom is -0.494 e. The van der Waals surface area contributed by atoms with Crippen LogP contribution in [0.3, 0.4) is 0 Å². The zero-order chi connectivity index (χ0) is 34.2. The number of nitrogens with two attached hydrogens (primary N) is 1. The van der Waals surface area contributed by atoms with E-state index < -0.39 is 35.3 Å². The monoisotopic (exact) mass is 646 g/mol. The Morgan fingerprint density at radius 1 is 0.891 bits per heavy atom. The number of carbonyl (C=O) groups excluding carboxylic acids is 3. The third-order valence-electron chi connectivity index (χ3n) is 8.11. The van der Waals surface area contributed by atoms with Crippen LogP contribution >= 0.6 is 0 Å². The Hall–Kier alpha value is -3.24. The molecule has 3 atom stereocenters. The summed E-state index contributed by atoms with van der Waals surface area (Å²) in [5.74, 6) is -3.67. The first-order valence-electron chi connectivity index (χ1n) is 17.0. The van der Waals surface area contributed by atoms with Crippen molar-refractivity contribution in [3.05, 3.63) is 42.0 Å². The SMILES string of the molecule is CCCCCCCC(=O)CCCCCCC=C[C@H](C(=O)N[C@@H](Cc1ccc(OCCCC)cc1)C(N)=O)[C@@](O)(CCOC)C(=O)O. The highest BCUT2D eigenvalue weighted by molar-refractivity contribution is 5.93. The number of primary amides is 1. The van der Waals surface area contributed by atoms with Crippen molar-refractivity contribution >= 4 is 23.6 Å². The van der Waals surface area contributed by atoms with Crippen LogP contribution in [0.5, 0.6) is 5.75 Å². The van der Waals surface area contributed by atoms with Gasteiger partial charge < -0.3 is 30.7 Å². The van der Waals surface area contributed by atoms with E-state index >= 15 is 0 Å². The van der Waals surface area contributed by atoms with Gasteiger partial charge in [0.2, 0.25) is 11.8 Å². The molecule has 10 heteroatoms. The van der Waals surface area contributed by atoms with Crippen molar-refractivity contribution in [2.75, 3.05) is 20.3 Å². The molecule has 260 valence electrons. The van der Waals surface area contributed by atoms with Crippen LogP contribution in [0, 0.1) is 5.92 Å². The molecule has 0 radical (unpaired) electrons. The molecule has 1 aromatic carbocycles. The molecule has 0 saturated heterocycles. The van der Waals surface area contributed by atoms with Gasteiger partial charge in [0.05, 0.1) is 12.5 Å². The fraction of sp³-hybridized carbons (Fsp3) is 0.667. The Morgan fingerprint density at radius 2 is 1.50 bits per heavy atom. The third kappa shape index (κ3) is 16.4. The molecule has 0 aromatic heterocycles. The highest BCUT2D eigenvalue weighted by atomic mass is 16.5. The number of ketones is 1. The Balaban J connectivity index is 2.80. The molecule has 2 amide bonds. The molecule has 0 aliphatic heterocycles. The predicted molar refractivity (Wildman–Crippen MR) is 179 cm³/mol. The lowest BCUT2D eigenvalue weighted by Gasteiger charge is -2.30. The predicted octanol–water partition coefficient (Wildman–Crippen LogP) is 5.67. The molecule has 0 heterocycles. The Labute approximate surface area is 275 Å². The number of hydrogen-bond donors (Lipinski definition) is 4. The summed E-state index contributed by atoms with van der Waals surface area (Å²) in [6, 6.07) is 5.97. The first-order chi connectivity index (χ1) is 22.1. The molecular formula is C36H58N2O8. The fourth-order valence-electron chi connectivity index (χ4n) is 5.11. The van der Waals surface area contributed by atoms with E-state index in [2.05, 4.69) is 19.2 Å². The highest BCUT2D eigenvalue weighted by Crippen LogP contribution is 2.26. The fourth-order valence-corrected chi connectivity index (χ4v) is 5.11. The molecular weight excluding hydrogens is 588 g/mol. The normalized spacial score (nSPS) is 14.0. The number of carboxylic acid groups (broad SMARTS) is 1. The van der Waals surface area contributed by atoms with E-state index in [9.17, 15) is 29.4 Å². The molecule has 46 heavy (non-hydrogen) atoms. The van der Waals surface area contributed by atoms with Crippen molar-refractivity contribution in [2.24, 2.45) is 11.7 Å². The summed E-state index contributed by atoms with van der Waals surface area (Å²) in [7, 11) is 1.37. The number of aliphatic hydroxyl groups is 1. The van der Waals surface area contributed by atoms with E-state index in [-0.39, 0.29) is 19.4 Å². The molecule has 0 bridgehead atoms. The van der Waals surface area contributed by atoms with Crippen LogP contribution < -0.4 is 15.8 Å².